The third-order valence-corrected chi connectivity index (χ3v) is 4.36. The van der Waals surface area contributed by atoms with E-state index in [2.05, 4.69) is 65.5 Å². The van der Waals surface area contributed by atoms with Crippen LogP contribution in [0.3, 0.4) is 0 Å². The summed E-state index contributed by atoms with van der Waals surface area (Å²) in [4.78, 5) is 18.1. The molecule has 150 valence electrons. The smallest absolute Gasteiger partial charge is 0.252 e. The lowest BCUT2D eigenvalue weighted by molar-refractivity contribution is 0.306. The fourth-order valence-corrected chi connectivity index (χ4v) is 2.72. The summed E-state index contributed by atoms with van der Waals surface area (Å²) in [5.74, 6) is 1.10. The lowest BCUT2D eigenvalue weighted by atomic mass is 9.87. The number of ether oxygens (including phenoxy) is 1. The Kier molecular flexibility index (Phi) is 6.12. The van der Waals surface area contributed by atoms with Crippen molar-refractivity contribution < 1.29 is 4.74 Å². The van der Waals surface area contributed by atoms with E-state index in [0.717, 1.165) is 16.9 Å². The summed E-state index contributed by atoms with van der Waals surface area (Å²) in [7, 11) is 0. The molecule has 0 atom stereocenters. The topological polar surface area (TPSA) is 79.4 Å². The Labute approximate surface area is 170 Å². The highest BCUT2D eigenvalue weighted by Crippen LogP contribution is 2.22. The van der Waals surface area contributed by atoms with E-state index in [0.29, 0.717) is 18.2 Å². The van der Waals surface area contributed by atoms with Crippen LogP contribution < -0.4 is 15.7 Å². The highest BCUT2D eigenvalue weighted by Gasteiger charge is 2.12. The van der Waals surface area contributed by atoms with Crippen molar-refractivity contribution in [1.82, 2.24) is 9.97 Å². The van der Waals surface area contributed by atoms with Crippen molar-refractivity contribution in [3.8, 4) is 5.75 Å². The van der Waals surface area contributed by atoms with Gasteiger partial charge in [-0.05, 0) is 53.3 Å². The minimum absolute atomic E-state index is 0.149. The molecular weight excluding hydrogens is 364 g/mol. The van der Waals surface area contributed by atoms with Crippen LogP contribution in [0.15, 0.2) is 64.5 Å². The molecule has 2 aromatic carbocycles. The third kappa shape index (κ3) is 6.04. The molecule has 0 radical (unpaired) electrons. The number of nitrogens with zero attached hydrogens (tertiary/aromatic N) is 2. The summed E-state index contributed by atoms with van der Waals surface area (Å²) < 4.78 is 5.86. The molecular formula is C23H26N4O2. The standard InChI is InChI=1S/C23H26N4O2/c1-16-13-21(28)26-22(25-16)27-24-14-17-7-11-20(12-8-17)29-15-18-5-9-19(10-6-18)23(2,3)4/h5-14H,15H2,1-4H3,(H2,25,26,27,28)/b24-14+. The van der Waals surface area contributed by atoms with Gasteiger partial charge in [0, 0.05) is 11.8 Å². The number of aromatic nitrogens is 2. The molecule has 0 amide bonds. The van der Waals surface area contributed by atoms with Crippen molar-refractivity contribution in [3.63, 3.8) is 0 Å². The molecule has 0 saturated heterocycles. The molecule has 3 rings (SSSR count). The fraction of sp³-hybridized carbons (Fsp3) is 0.261. The summed E-state index contributed by atoms with van der Waals surface area (Å²) in [6.07, 6.45) is 1.65. The number of hydrogen-bond donors (Lipinski definition) is 2. The van der Waals surface area contributed by atoms with Gasteiger partial charge in [0.15, 0.2) is 0 Å². The van der Waals surface area contributed by atoms with Crippen molar-refractivity contribution >= 4 is 12.2 Å². The predicted octanol–water partition coefficient (Wildman–Crippen LogP) is 4.40. The molecule has 0 aliphatic heterocycles. The number of hydrazone groups is 1. The summed E-state index contributed by atoms with van der Waals surface area (Å²) in [5.41, 5.74) is 6.62. The summed E-state index contributed by atoms with van der Waals surface area (Å²) in [6.45, 7) is 8.88. The van der Waals surface area contributed by atoms with Crippen LogP contribution in [0.4, 0.5) is 5.95 Å². The van der Waals surface area contributed by atoms with Gasteiger partial charge in [0.1, 0.15) is 12.4 Å². The van der Waals surface area contributed by atoms with Crippen molar-refractivity contribution in [3.05, 3.63) is 87.3 Å². The number of aryl methyl sites for hydroxylation is 1. The summed E-state index contributed by atoms with van der Waals surface area (Å²) in [5, 5.41) is 4.10. The van der Waals surface area contributed by atoms with Crippen LogP contribution in [-0.4, -0.2) is 16.2 Å². The van der Waals surface area contributed by atoms with Gasteiger partial charge in [0.25, 0.3) is 5.56 Å². The van der Waals surface area contributed by atoms with Gasteiger partial charge in [0.2, 0.25) is 5.95 Å². The molecule has 29 heavy (non-hydrogen) atoms. The van der Waals surface area contributed by atoms with Crippen molar-refractivity contribution in [2.24, 2.45) is 5.10 Å². The van der Waals surface area contributed by atoms with Crippen LogP contribution in [0, 0.1) is 6.92 Å². The minimum atomic E-state index is -0.218. The quantitative estimate of drug-likeness (QED) is 0.483. The predicted molar refractivity (Wildman–Crippen MR) is 117 cm³/mol. The average molecular weight is 390 g/mol. The van der Waals surface area contributed by atoms with E-state index in [4.69, 9.17) is 4.74 Å². The number of rotatable bonds is 6. The molecule has 0 aliphatic carbocycles. The van der Waals surface area contributed by atoms with Gasteiger partial charge in [-0.25, -0.2) is 10.4 Å². The maximum absolute atomic E-state index is 11.4. The number of H-pyrrole nitrogens is 1. The Morgan fingerprint density at radius 1 is 1.10 bits per heavy atom. The first kappa shape index (κ1) is 20.3. The van der Waals surface area contributed by atoms with E-state index >= 15 is 0 Å². The lowest BCUT2D eigenvalue weighted by Gasteiger charge is -2.19. The van der Waals surface area contributed by atoms with Crippen LogP contribution in [0.5, 0.6) is 5.75 Å². The lowest BCUT2D eigenvalue weighted by Crippen LogP contribution is -2.10. The highest BCUT2D eigenvalue weighted by atomic mass is 16.5. The highest BCUT2D eigenvalue weighted by molar-refractivity contribution is 5.80. The van der Waals surface area contributed by atoms with Gasteiger partial charge in [-0.3, -0.25) is 9.78 Å². The van der Waals surface area contributed by atoms with Gasteiger partial charge < -0.3 is 4.74 Å². The molecule has 0 bridgehead atoms. The van der Waals surface area contributed by atoms with Crippen LogP contribution in [0.2, 0.25) is 0 Å². The zero-order valence-corrected chi connectivity index (χ0v) is 17.2. The van der Waals surface area contributed by atoms with E-state index in [1.54, 1.807) is 13.1 Å². The monoisotopic (exact) mass is 390 g/mol. The normalized spacial score (nSPS) is 11.6. The Morgan fingerprint density at radius 2 is 1.79 bits per heavy atom. The van der Waals surface area contributed by atoms with E-state index in [1.165, 1.54) is 11.6 Å². The van der Waals surface area contributed by atoms with E-state index in [-0.39, 0.29) is 11.0 Å². The maximum atomic E-state index is 11.4. The Balaban J connectivity index is 1.54. The Hall–Kier alpha value is -3.41. The second-order valence-corrected chi connectivity index (χ2v) is 7.91. The first-order valence-corrected chi connectivity index (χ1v) is 9.49. The molecule has 0 aliphatic rings. The molecule has 0 fully saturated rings. The molecule has 3 aromatic rings. The van der Waals surface area contributed by atoms with Crippen LogP contribution in [-0.2, 0) is 12.0 Å². The number of nitrogens with one attached hydrogen (secondary N) is 2. The largest absolute Gasteiger partial charge is 0.489 e. The fourth-order valence-electron chi connectivity index (χ4n) is 2.72. The van der Waals surface area contributed by atoms with Crippen LogP contribution in [0.1, 0.15) is 43.2 Å². The van der Waals surface area contributed by atoms with Crippen LogP contribution in [0.25, 0.3) is 0 Å². The maximum Gasteiger partial charge on any atom is 0.252 e. The van der Waals surface area contributed by atoms with E-state index in [9.17, 15) is 4.79 Å². The van der Waals surface area contributed by atoms with Crippen molar-refractivity contribution in [1.29, 1.82) is 0 Å². The zero-order valence-electron chi connectivity index (χ0n) is 17.2. The summed E-state index contributed by atoms with van der Waals surface area (Å²) in [6, 6.07) is 17.6. The molecule has 6 nitrogen and oxygen atoms in total. The van der Waals surface area contributed by atoms with Gasteiger partial charge in [0.05, 0.1) is 6.21 Å². The first-order chi connectivity index (χ1) is 13.8. The SMILES string of the molecule is Cc1cc(=O)[nH]c(N/N=C/c2ccc(OCc3ccc(C(C)(C)C)cc3)cc2)n1. The molecule has 0 saturated carbocycles. The van der Waals surface area contributed by atoms with Crippen LogP contribution >= 0.6 is 0 Å². The second-order valence-electron chi connectivity index (χ2n) is 7.91. The van der Waals surface area contributed by atoms with Gasteiger partial charge in [-0.15, -0.1) is 0 Å². The molecule has 6 heteroatoms. The molecule has 1 heterocycles. The number of benzene rings is 2. The van der Waals surface area contributed by atoms with Gasteiger partial charge in [-0.2, -0.15) is 5.10 Å². The zero-order chi connectivity index (χ0) is 20.9. The molecule has 1 aromatic heterocycles. The summed E-state index contributed by atoms with van der Waals surface area (Å²) >= 11 is 0. The Bertz CT molecular complexity index is 1030. The van der Waals surface area contributed by atoms with Gasteiger partial charge in [-0.1, -0.05) is 45.0 Å². The first-order valence-electron chi connectivity index (χ1n) is 9.49. The second kappa shape index (κ2) is 8.73. The van der Waals surface area contributed by atoms with E-state index in [1.807, 2.05) is 24.3 Å². The van der Waals surface area contributed by atoms with Crippen molar-refractivity contribution in [2.45, 2.75) is 39.7 Å². The third-order valence-electron chi connectivity index (χ3n) is 4.36. The number of hydrogen-bond acceptors (Lipinski definition) is 5. The Morgan fingerprint density at radius 3 is 2.41 bits per heavy atom. The number of anilines is 1. The average Bonchev–Trinajstić information content (AvgIpc) is 2.66. The number of aromatic amines is 1. The minimum Gasteiger partial charge on any atom is -0.489 e. The molecule has 0 spiro atoms. The van der Waals surface area contributed by atoms with Crippen molar-refractivity contribution in [2.75, 3.05) is 5.43 Å². The molecule has 0 unspecified atom stereocenters. The molecule has 2 N–H and O–H groups in total. The van der Waals surface area contributed by atoms with Gasteiger partial charge >= 0.3 is 0 Å². The van der Waals surface area contributed by atoms with E-state index < -0.39 is 0 Å².